The van der Waals surface area contributed by atoms with E-state index >= 15 is 0 Å². The average Bonchev–Trinajstić information content (AvgIpc) is 3.16. The maximum atomic E-state index is 12.7. The zero-order valence-electron chi connectivity index (χ0n) is 15.7. The number of hydrogen-bond acceptors (Lipinski definition) is 7. The minimum absolute atomic E-state index is 0.0366. The number of nitro benzene ring substituents is 1. The van der Waals surface area contributed by atoms with Crippen molar-refractivity contribution in [1.29, 1.82) is 0 Å². The first-order valence-corrected chi connectivity index (χ1v) is 9.73. The molecule has 0 aliphatic carbocycles. The number of thioether (sulfide) groups is 1. The van der Waals surface area contributed by atoms with Crippen molar-refractivity contribution in [3.8, 4) is 0 Å². The van der Waals surface area contributed by atoms with E-state index in [1.807, 2.05) is 40.6 Å². The van der Waals surface area contributed by atoms with E-state index in [2.05, 4.69) is 4.99 Å². The van der Waals surface area contributed by atoms with Crippen molar-refractivity contribution in [3.63, 3.8) is 0 Å². The van der Waals surface area contributed by atoms with Gasteiger partial charge in [-0.05, 0) is 18.1 Å². The number of allylic oxidation sites excluding steroid dienone is 1. The Labute approximate surface area is 171 Å². The Bertz CT molecular complexity index is 1090. The van der Waals surface area contributed by atoms with Crippen LogP contribution in [-0.4, -0.2) is 28.1 Å². The van der Waals surface area contributed by atoms with Crippen LogP contribution < -0.4 is 0 Å². The molecule has 2 heterocycles. The SMILES string of the molecule is COC(=O)C1=C(C)N=C2SC=C(c3ccccc3)N2C1c1cccc([N+](=O)[O-])c1. The minimum atomic E-state index is -0.587. The molecule has 0 amide bonds. The van der Waals surface area contributed by atoms with Gasteiger partial charge in [-0.1, -0.05) is 54.2 Å². The monoisotopic (exact) mass is 407 g/mol. The van der Waals surface area contributed by atoms with Crippen LogP contribution in [0.1, 0.15) is 24.1 Å². The largest absolute Gasteiger partial charge is 0.466 e. The number of benzene rings is 2. The van der Waals surface area contributed by atoms with Crippen LogP contribution in [0.4, 0.5) is 5.69 Å². The highest BCUT2D eigenvalue weighted by Gasteiger charge is 2.41. The summed E-state index contributed by atoms with van der Waals surface area (Å²) in [5.74, 6) is -0.508. The quantitative estimate of drug-likeness (QED) is 0.421. The lowest BCUT2D eigenvalue weighted by molar-refractivity contribution is -0.384. The second-order valence-corrected chi connectivity index (χ2v) is 7.33. The van der Waals surface area contributed by atoms with Crippen molar-refractivity contribution in [3.05, 3.63) is 92.5 Å². The highest BCUT2D eigenvalue weighted by atomic mass is 32.2. The fraction of sp³-hybridized carbons (Fsp3) is 0.143. The van der Waals surface area contributed by atoms with E-state index in [1.165, 1.54) is 31.0 Å². The summed E-state index contributed by atoms with van der Waals surface area (Å²) in [5, 5.41) is 14.0. The molecule has 146 valence electrons. The van der Waals surface area contributed by atoms with Crippen molar-refractivity contribution in [1.82, 2.24) is 4.90 Å². The number of ether oxygens (including phenoxy) is 1. The first-order valence-electron chi connectivity index (χ1n) is 8.85. The van der Waals surface area contributed by atoms with E-state index in [0.29, 0.717) is 22.0 Å². The van der Waals surface area contributed by atoms with Crippen LogP contribution in [0.25, 0.3) is 5.70 Å². The van der Waals surface area contributed by atoms with Crippen LogP contribution in [-0.2, 0) is 9.53 Å². The number of fused-ring (bicyclic) bond motifs is 1. The predicted molar refractivity (Wildman–Crippen MR) is 112 cm³/mol. The predicted octanol–water partition coefficient (Wildman–Crippen LogP) is 4.50. The van der Waals surface area contributed by atoms with Gasteiger partial charge >= 0.3 is 5.97 Å². The zero-order valence-corrected chi connectivity index (χ0v) is 16.6. The third-order valence-corrected chi connectivity index (χ3v) is 5.64. The summed E-state index contributed by atoms with van der Waals surface area (Å²) in [7, 11) is 1.32. The van der Waals surface area contributed by atoms with Gasteiger partial charge in [-0.15, -0.1) is 0 Å². The number of carbonyl (C=O) groups is 1. The van der Waals surface area contributed by atoms with Gasteiger partial charge in [0.2, 0.25) is 0 Å². The Morgan fingerprint density at radius 1 is 1.21 bits per heavy atom. The van der Waals surface area contributed by atoms with Gasteiger partial charge in [-0.2, -0.15) is 0 Å². The number of nitrogens with zero attached hydrogens (tertiary/aromatic N) is 3. The molecule has 0 saturated carbocycles. The topological polar surface area (TPSA) is 85.0 Å². The lowest BCUT2D eigenvalue weighted by Crippen LogP contribution is -2.36. The van der Waals surface area contributed by atoms with E-state index in [9.17, 15) is 14.9 Å². The Hall–Kier alpha value is -3.39. The molecule has 2 aliphatic rings. The van der Waals surface area contributed by atoms with Crippen molar-refractivity contribution in [2.45, 2.75) is 13.0 Å². The number of amidine groups is 1. The molecule has 2 aromatic rings. The fourth-order valence-corrected chi connectivity index (χ4v) is 4.47. The number of rotatable bonds is 4. The summed E-state index contributed by atoms with van der Waals surface area (Å²) in [6.45, 7) is 1.75. The number of methoxy groups -OCH3 is 1. The van der Waals surface area contributed by atoms with Crippen LogP contribution in [0.2, 0.25) is 0 Å². The zero-order chi connectivity index (χ0) is 20.5. The smallest absolute Gasteiger partial charge is 0.338 e. The standard InChI is InChI=1S/C21H17N3O4S/c1-13-18(20(25)28-2)19(15-9-6-10-16(11-15)24(26)27)23-17(12-29-21(23)22-13)14-7-4-3-5-8-14/h3-12,19H,1-2H3. The molecule has 0 N–H and O–H groups in total. The fourth-order valence-electron chi connectivity index (χ4n) is 3.50. The Morgan fingerprint density at radius 2 is 1.97 bits per heavy atom. The maximum absolute atomic E-state index is 12.7. The van der Waals surface area contributed by atoms with E-state index < -0.39 is 16.9 Å². The first kappa shape index (κ1) is 18.9. The van der Waals surface area contributed by atoms with Gasteiger partial charge in [0.25, 0.3) is 5.69 Å². The molecule has 0 saturated heterocycles. The van der Waals surface area contributed by atoms with Crippen LogP contribution in [0.15, 0.2) is 76.3 Å². The van der Waals surface area contributed by atoms with Gasteiger partial charge in [0.1, 0.15) is 0 Å². The summed E-state index contributed by atoms with van der Waals surface area (Å²) in [6.07, 6.45) is 0. The van der Waals surface area contributed by atoms with Crippen LogP contribution in [0.3, 0.4) is 0 Å². The Kier molecular flexibility index (Phi) is 4.94. The van der Waals surface area contributed by atoms with Gasteiger partial charge in [0.15, 0.2) is 5.17 Å². The highest BCUT2D eigenvalue weighted by molar-refractivity contribution is 8.16. The van der Waals surface area contributed by atoms with E-state index in [0.717, 1.165) is 11.3 Å². The van der Waals surface area contributed by atoms with Crippen molar-refractivity contribution in [2.24, 2.45) is 4.99 Å². The lowest BCUT2D eigenvalue weighted by atomic mass is 9.93. The summed E-state index contributed by atoms with van der Waals surface area (Å²) < 4.78 is 5.03. The summed E-state index contributed by atoms with van der Waals surface area (Å²) in [6, 6.07) is 15.5. The molecule has 0 fully saturated rings. The Morgan fingerprint density at radius 3 is 2.66 bits per heavy atom. The molecular formula is C21H17N3O4S. The molecule has 2 aromatic carbocycles. The molecule has 1 unspecified atom stereocenters. The second kappa shape index (κ2) is 7.56. The number of hydrogen-bond donors (Lipinski definition) is 0. The molecule has 0 radical (unpaired) electrons. The average molecular weight is 407 g/mol. The maximum Gasteiger partial charge on any atom is 0.338 e. The second-order valence-electron chi connectivity index (χ2n) is 6.50. The van der Waals surface area contributed by atoms with Crippen molar-refractivity contribution >= 4 is 34.3 Å². The molecule has 0 spiro atoms. The summed E-state index contributed by atoms with van der Waals surface area (Å²) >= 11 is 1.46. The number of aliphatic imine (C=N–C) groups is 1. The first-order chi connectivity index (χ1) is 14.0. The third-order valence-electron chi connectivity index (χ3n) is 4.80. The normalized spacial score (nSPS) is 18.1. The van der Waals surface area contributed by atoms with Crippen molar-refractivity contribution in [2.75, 3.05) is 7.11 Å². The van der Waals surface area contributed by atoms with Crippen LogP contribution in [0.5, 0.6) is 0 Å². The highest BCUT2D eigenvalue weighted by Crippen LogP contribution is 2.47. The number of esters is 1. The van der Waals surface area contributed by atoms with Crippen LogP contribution in [0, 0.1) is 10.1 Å². The molecule has 1 atom stereocenters. The number of carbonyl (C=O) groups excluding carboxylic acids is 1. The van der Waals surface area contributed by atoms with Gasteiger partial charge in [0.05, 0.1) is 35.0 Å². The number of nitro groups is 1. The molecule has 8 heteroatoms. The molecular weight excluding hydrogens is 390 g/mol. The number of non-ortho nitro benzene ring substituents is 1. The minimum Gasteiger partial charge on any atom is -0.466 e. The van der Waals surface area contributed by atoms with E-state index in [1.54, 1.807) is 19.1 Å². The van der Waals surface area contributed by atoms with Crippen molar-refractivity contribution < 1.29 is 14.5 Å². The van der Waals surface area contributed by atoms with Gasteiger partial charge in [-0.3, -0.25) is 10.1 Å². The van der Waals surface area contributed by atoms with E-state index in [4.69, 9.17) is 4.74 Å². The van der Waals surface area contributed by atoms with Gasteiger partial charge < -0.3 is 9.64 Å². The molecule has 29 heavy (non-hydrogen) atoms. The molecule has 7 nitrogen and oxygen atoms in total. The molecule has 4 rings (SSSR count). The van der Waals surface area contributed by atoms with Gasteiger partial charge in [-0.25, -0.2) is 9.79 Å². The Balaban J connectivity index is 1.90. The molecule has 0 bridgehead atoms. The van der Waals surface area contributed by atoms with E-state index in [-0.39, 0.29) is 5.69 Å². The molecule has 2 aliphatic heterocycles. The summed E-state index contributed by atoms with van der Waals surface area (Å²) in [5.41, 5.74) is 3.32. The molecule has 0 aromatic heterocycles. The van der Waals surface area contributed by atoms with Gasteiger partial charge in [0, 0.05) is 17.5 Å². The van der Waals surface area contributed by atoms with Crippen LogP contribution >= 0.6 is 11.8 Å². The lowest BCUT2D eigenvalue weighted by Gasteiger charge is -2.36. The third kappa shape index (κ3) is 3.31. The summed E-state index contributed by atoms with van der Waals surface area (Å²) in [4.78, 5) is 30.1.